The molecule has 0 saturated heterocycles. The molecule has 0 spiro atoms. The predicted octanol–water partition coefficient (Wildman–Crippen LogP) is 4.07. The highest BCUT2D eigenvalue weighted by Gasteiger charge is 2.18. The van der Waals surface area contributed by atoms with Crippen LogP contribution in [0.2, 0.25) is 5.02 Å². The Bertz CT molecular complexity index is 1100. The zero-order chi connectivity index (χ0) is 22.3. The smallest absolute Gasteiger partial charge is 0.258 e. The average Bonchev–Trinajstić information content (AvgIpc) is 2.78. The molecule has 0 aliphatic heterocycles. The molecule has 1 atom stereocenters. The van der Waals surface area contributed by atoms with Crippen molar-refractivity contribution in [2.45, 2.75) is 24.4 Å². The lowest BCUT2D eigenvalue weighted by atomic mass is 10.1. The van der Waals surface area contributed by atoms with E-state index in [0.717, 1.165) is 11.1 Å². The maximum atomic E-state index is 12.6. The third-order valence-electron chi connectivity index (χ3n) is 4.54. The molecule has 31 heavy (non-hydrogen) atoms. The predicted molar refractivity (Wildman–Crippen MR) is 120 cm³/mol. The zero-order valence-corrected chi connectivity index (χ0v) is 18.5. The fraction of sp³-hybridized carbons (Fsp3) is 0.174. The number of halogens is 1. The summed E-state index contributed by atoms with van der Waals surface area (Å²) < 4.78 is 33.3. The average molecular weight is 459 g/mol. The first kappa shape index (κ1) is 22.8. The first-order valence-electron chi connectivity index (χ1n) is 9.65. The number of carbonyl (C=O) groups excluding carboxylic acids is 1. The normalized spacial score (nSPS) is 12.2. The molecule has 3 rings (SSSR count). The van der Waals surface area contributed by atoms with Gasteiger partial charge in [0.15, 0.2) is 6.61 Å². The zero-order valence-electron chi connectivity index (χ0n) is 16.9. The van der Waals surface area contributed by atoms with Crippen LogP contribution in [-0.4, -0.2) is 20.9 Å². The van der Waals surface area contributed by atoms with E-state index in [0.29, 0.717) is 17.3 Å². The summed E-state index contributed by atoms with van der Waals surface area (Å²) in [7, 11) is -3.69. The van der Waals surface area contributed by atoms with Gasteiger partial charge in [-0.3, -0.25) is 4.79 Å². The molecule has 1 amide bonds. The summed E-state index contributed by atoms with van der Waals surface area (Å²) in [4.78, 5) is 12.1. The van der Waals surface area contributed by atoms with Gasteiger partial charge in [0.05, 0.1) is 4.90 Å². The first-order valence-corrected chi connectivity index (χ1v) is 11.5. The van der Waals surface area contributed by atoms with Gasteiger partial charge in [-0.2, -0.15) is 0 Å². The van der Waals surface area contributed by atoms with Gasteiger partial charge in [-0.05, 0) is 54.4 Å². The Hall–Kier alpha value is -2.87. The van der Waals surface area contributed by atoms with Gasteiger partial charge in [-0.15, -0.1) is 0 Å². The molecule has 3 aromatic rings. The topological polar surface area (TPSA) is 84.5 Å². The molecular weight excluding hydrogens is 436 g/mol. The van der Waals surface area contributed by atoms with Crippen molar-refractivity contribution in [3.8, 4) is 5.75 Å². The summed E-state index contributed by atoms with van der Waals surface area (Å²) in [5, 5.41) is 3.38. The molecule has 3 aromatic carbocycles. The lowest BCUT2D eigenvalue weighted by Gasteiger charge is -2.15. The van der Waals surface area contributed by atoms with E-state index in [1.165, 1.54) is 24.3 Å². The molecule has 0 radical (unpaired) electrons. The van der Waals surface area contributed by atoms with Crippen LogP contribution in [0, 0.1) is 0 Å². The molecule has 162 valence electrons. The Morgan fingerprint density at radius 3 is 2.26 bits per heavy atom. The number of sulfonamides is 1. The monoisotopic (exact) mass is 458 g/mol. The fourth-order valence-electron chi connectivity index (χ4n) is 2.83. The lowest BCUT2D eigenvalue weighted by molar-refractivity contribution is -0.123. The molecule has 2 N–H and O–H groups in total. The van der Waals surface area contributed by atoms with E-state index in [-0.39, 0.29) is 23.5 Å². The van der Waals surface area contributed by atoms with Crippen molar-refractivity contribution in [2.24, 2.45) is 0 Å². The number of hydrogen-bond donors (Lipinski definition) is 2. The van der Waals surface area contributed by atoms with Crippen molar-refractivity contribution in [2.75, 3.05) is 6.61 Å². The maximum absolute atomic E-state index is 12.6. The summed E-state index contributed by atoms with van der Waals surface area (Å²) in [6.07, 6.45) is 0. The van der Waals surface area contributed by atoms with E-state index in [9.17, 15) is 13.2 Å². The Kier molecular flexibility index (Phi) is 7.68. The van der Waals surface area contributed by atoms with Crippen molar-refractivity contribution in [1.82, 2.24) is 10.0 Å². The second-order valence-electron chi connectivity index (χ2n) is 6.92. The molecule has 0 bridgehead atoms. The van der Waals surface area contributed by atoms with Gasteiger partial charge in [0, 0.05) is 17.6 Å². The summed E-state index contributed by atoms with van der Waals surface area (Å²) in [5.41, 5.74) is 1.79. The van der Waals surface area contributed by atoms with Crippen LogP contribution in [0.4, 0.5) is 0 Å². The molecule has 0 heterocycles. The van der Waals surface area contributed by atoms with Gasteiger partial charge >= 0.3 is 0 Å². The Morgan fingerprint density at radius 1 is 0.968 bits per heavy atom. The minimum Gasteiger partial charge on any atom is -0.484 e. The van der Waals surface area contributed by atoms with Crippen molar-refractivity contribution >= 4 is 27.5 Å². The summed E-state index contributed by atoms with van der Waals surface area (Å²) in [6.45, 7) is 1.97. The third kappa shape index (κ3) is 6.82. The molecule has 8 heteroatoms. The second-order valence-corrected chi connectivity index (χ2v) is 9.07. The van der Waals surface area contributed by atoms with Crippen LogP contribution >= 0.6 is 11.6 Å². The largest absolute Gasteiger partial charge is 0.484 e. The number of nitrogens with one attached hydrogen (secondary N) is 2. The number of amides is 1. The van der Waals surface area contributed by atoms with Crippen LogP contribution in [0.3, 0.4) is 0 Å². The Labute approximate surface area is 187 Å². The lowest BCUT2D eigenvalue weighted by Crippen LogP contribution is -2.28. The molecule has 0 aromatic heterocycles. The summed E-state index contributed by atoms with van der Waals surface area (Å²) >= 11 is 5.83. The van der Waals surface area contributed by atoms with Crippen LogP contribution in [0.5, 0.6) is 5.75 Å². The fourth-order valence-corrected chi connectivity index (χ4v) is 4.19. The summed E-state index contributed by atoms with van der Waals surface area (Å²) in [5.74, 6) is 0.113. The number of benzene rings is 3. The highest BCUT2D eigenvalue weighted by molar-refractivity contribution is 7.89. The SMILES string of the molecule is C[C@H](NS(=O)(=O)c1ccc(OCC(=O)NCc2ccc(Cl)cc2)cc1)c1ccccc1. The highest BCUT2D eigenvalue weighted by Crippen LogP contribution is 2.19. The van der Waals surface area contributed by atoms with Gasteiger partial charge in [0.2, 0.25) is 10.0 Å². The van der Waals surface area contributed by atoms with E-state index in [2.05, 4.69) is 10.0 Å². The van der Waals surface area contributed by atoms with E-state index < -0.39 is 10.0 Å². The molecule has 0 saturated carbocycles. The quantitative estimate of drug-likeness (QED) is 0.506. The van der Waals surface area contributed by atoms with Gasteiger partial charge in [-0.1, -0.05) is 54.1 Å². The number of rotatable bonds is 9. The van der Waals surface area contributed by atoms with Crippen LogP contribution in [0.25, 0.3) is 0 Å². The van der Waals surface area contributed by atoms with Crippen LogP contribution in [-0.2, 0) is 21.4 Å². The van der Waals surface area contributed by atoms with Crippen LogP contribution in [0.15, 0.2) is 83.8 Å². The minimum atomic E-state index is -3.69. The van der Waals surface area contributed by atoms with Crippen molar-refractivity contribution in [3.05, 3.63) is 95.0 Å². The highest BCUT2D eigenvalue weighted by atomic mass is 35.5. The van der Waals surface area contributed by atoms with Gasteiger partial charge in [0.1, 0.15) is 5.75 Å². The van der Waals surface area contributed by atoms with Crippen LogP contribution < -0.4 is 14.8 Å². The first-order chi connectivity index (χ1) is 14.8. The molecule has 0 aliphatic rings. The number of hydrogen-bond acceptors (Lipinski definition) is 4. The van der Waals surface area contributed by atoms with E-state index in [1.54, 1.807) is 19.1 Å². The van der Waals surface area contributed by atoms with E-state index in [4.69, 9.17) is 16.3 Å². The van der Waals surface area contributed by atoms with Gasteiger partial charge < -0.3 is 10.1 Å². The molecule has 6 nitrogen and oxygen atoms in total. The van der Waals surface area contributed by atoms with E-state index >= 15 is 0 Å². The molecule has 0 aliphatic carbocycles. The maximum Gasteiger partial charge on any atom is 0.258 e. The van der Waals surface area contributed by atoms with Gasteiger partial charge in [-0.25, -0.2) is 13.1 Å². The second kappa shape index (κ2) is 10.4. The van der Waals surface area contributed by atoms with Crippen LogP contribution in [0.1, 0.15) is 24.1 Å². The number of ether oxygens (including phenoxy) is 1. The number of carbonyl (C=O) groups is 1. The van der Waals surface area contributed by atoms with Crippen molar-refractivity contribution in [3.63, 3.8) is 0 Å². The van der Waals surface area contributed by atoms with Crippen molar-refractivity contribution in [1.29, 1.82) is 0 Å². The molecule has 0 fully saturated rings. The third-order valence-corrected chi connectivity index (χ3v) is 6.35. The Balaban J connectivity index is 1.51. The van der Waals surface area contributed by atoms with Crippen molar-refractivity contribution < 1.29 is 17.9 Å². The Morgan fingerprint density at radius 2 is 1.61 bits per heavy atom. The minimum absolute atomic E-state index is 0.120. The summed E-state index contributed by atoms with van der Waals surface area (Å²) in [6, 6.07) is 22.1. The van der Waals surface area contributed by atoms with E-state index in [1.807, 2.05) is 42.5 Å². The molecular formula is C23H23ClN2O4S. The standard InChI is InChI=1S/C23H23ClN2O4S/c1-17(19-5-3-2-4-6-19)26-31(28,29)22-13-11-21(12-14-22)30-16-23(27)25-15-18-7-9-20(24)10-8-18/h2-14,17,26H,15-16H2,1H3,(H,25,27)/t17-/m0/s1. The van der Waals surface area contributed by atoms with Gasteiger partial charge in [0.25, 0.3) is 5.91 Å². The molecule has 0 unspecified atom stereocenters.